The molecule has 2 heterocycles. The number of sulfone groups is 2. The molecule has 30 heavy (non-hydrogen) atoms. The maximum absolute atomic E-state index is 11.6. The highest BCUT2D eigenvalue weighted by Gasteiger charge is 2.27. The molecule has 164 valence electrons. The Hall–Kier alpha value is -2.60. The van der Waals surface area contributed by atoms with E-state index in [0.29, 0.717) is 0 Å². The lowest BCUT2D eigenvalue weighted by Gasteiger charge is -2.06. The van der Waals surface area contributed by atoms with Crippen molar-refractivity contribution < 1.29 is 26.4 Å². The molecule has 0 N–H and O–H groups in total. The van der Waals surface area contributed by atoms with Gasteiger partial charge in [-0.1, -0.05) is 0 Å². The monoisotopic (exact) mass is 456 g/mol. The van der Waals surface area contributed by atoms with E-state index in [1.165, 1.54) is 38.6 Å². The van der Waals surface area contributed by atoms with Crippen LogP contribution in [0.3, 0.4) is 0 Å². The summed E-state index contributed by atoms with van der Waals surface area (Å²) in [6, 6.07) is 0. The van der Waals surface area contributed by atoms with Gasteiger partial charge in [-0.05, 0) is 38.8 Å². The standard InChI is InChI=1S/2C9H12N2O3S/c2*1-6-4-10-9(11-5-6)8(12)7(2)15(3,13)14/h2*4-5,7H,1-3H3/t2*7-/m10/s1. The quantitative estimate of drug-likeness (QED) is 0.570. The van der Waals surface area contributed by atoms with E-state index in [0.717, 1.165) is 23.6 Å². The second kappa shape index (κ2) is 9.94. The van der Waals surface area contributed by atoms with E-state index in [9.17, 15) is 26.4 Å². The Bertz CT molecular complexity index is 1020. The van der Waals surface area contributed by atoms with Crippen LogP contribution in [0.1, 0.15) is 46.2 Å². The first-order valence-electron chi connectivity index (χ1n) is 8.68. The van der Waals surface area contributed by atoms with Crippen molar-refractivity contribution >= 4 is 31.2 Å². The average molecular weight is 457 g/mol. The molecule has 12 heteroatoms. The highest BCUT2D eigenvalue weighted by atomic mass is 32.2. The summed E-state index contributed by atoms with van der Waals surface area (Å²) in [4.78, 5) is 38.3. The summed E-state index contributed by atoms with van der Waals surface area (Å²) < 4.78 is 44.5. The number of hydrogen-bond acceptors (Lipinski definition) is 10. The molecule has 0 bridgehead atoms. The molecule has 0 saturated heterocycles. The van der Waals surface area contributed by atoms with Crippen LogP contribution in [0.15, 0.2) is 24.8 Å². The topological polar surface area (TPSA) is 154 Å². The summed E-state index contributed by atoms with van der Waals surface area (Å²) >= 11 is 0. The number of Topliss-reactive ketones (excluding diaryl/α,β-unsaturated/α-hetero) is 2. The van der Waals surface area contributed by atoms with Crippen LogP contribution >= 0.6 is 0 Å². The van der Waals surface area contributed by atoms with Crippen molar-refractivity contribution in [3.8, 4) is 0 Å². The SMILES string of the molecule is Cc1cnc(C(=O)[C@@H](C)S(C)(=O)=O)nc1.Cc1cnc(C(=O)[C@H](C)S(C)(=O)=O)nc1. The van der Waals surface area contributed by atoms with Crippen molar-refractivity contribution in [3.63, 3.8) is 0 Å². The van der Waals surface area contributed by atoms with E-state index in [2.05, 4.69) is 19.9 Å². The molecular formula is C18H24N4O6S2. The Balaban J connectivity index is 0.000000300. The molecule has 0 saturated carbocycles. The van der Waals surface area contributed by atoms with Crippen molar-refractivity contribution in [2.24, 2.45) is 0 Å². The summed E-state index contributed by atoms with van der Waals surface area (Å²) in [5, 5.41) is -2.19. The molecule has 2 atom stereocenters. The van der Waals surface area contributed by atoms with Crippen molar-refractivity contribution in [2.75, 3.05) is 12.5 Å². The van der Waals surface area contributed by atoms with Crippen LogP contribution in [0.4, 0.5) is 0 Å². The van der Waals surface area contributed by atoms with Gasteiger partial charge in [-0.15, -0.1) is 0 Å². The van der Waals surface area contributed by atoms with Crippen molar-refractivity contribution in [3.05, 3.63) is 47.6 Å². The van der Waals surface area contributed by atoms with Gasteiger partial charge in [0.2, 0.25) is 11.6 Å². The summed E-state index contributed by atoms with van der Waals surface area (Å²) in [5.41, 5.74) is 1.64. The second-order valence-electron chi connectivity index (χ2n) is 6.84. The highest BCUT2D eigenvalue weighted by molar-refractivity contribution is 7.92. The molecule has 2 aromatic heterocycles. The Kier molecular flexibility index (Phi) is 8.43. The third-order valence-electron chi connectivity index (χ3n) is 4.03. The molecule has 0 unspecified atom stereocenters. The first kappa shape index (κ1) is 25.4. The zero-order valence-corrected chi connectivity index (χ0v) is 19.2. The number of nitrogens with zero attached hydrogens (tertiary/aromatic N) is 4. The van der Waals surface area contributed by atoms with E-state index in [1.54, 1.807) is 13.8 Å². The van der Waals surface area contributed by atoms with Crippen LogP contribution in [0, 0.1) is 13.8 Å². The normalized spacial score (nSPS) is 13.5. The summed E-state index contributed by atoms with van der Waals surface area (Å²) in [6.07, 6.45) is 7.96. The van der Waals surface area contributed by atoms with Gasteiger partial charge >= 0.3 is 0 Å². The zero-order chi connectivity index (χ0) is 23.3. The summed E-state index contributed by atoms with van der Waals surface area (Å²) in [6.45, 7) is 6.24. The number of aryl methyl sites for hydroxylation is 2. The van der Waals surface area contributed by atoms with Crippen molar-refractivity contribution in [1.29, 1.82) is 0 Å². The number of aromatic nitrogens is 4. The molecule has 0 aliphatic heterocycles. The van der Waals surface area contributed by atoms with Crippen LogP contribution in [-0.4, -0.2) is 71.3 Å². The van der Waals surface area contributed by atoms with Crippen molar-refractivity contribution in [1.82, 2.24) is 19.9 Å². The molecule has 0 amide bonds. The second-order valence-corrected chi connectivity index (χ2v) is 11.6. The third kappa shape index (κ3) is 7.34. The number of rotatable bonds is 6. The molecule has 0 radical (unpaired) electrons. The lowest BCUT2D eigenvalue weighted by Crippen LogP contribution is -2.27. The molecular weight excluding hydrogens is 432 g/mol. The van der Waals surface area contributed by atoms with Gasteiger partial charge in [0, 0.05) is 37.3 Å². The van der Waals surface area contributed by atoms with E-state index < -0.39 is 41.7 Å². The Morgan fingerprint density at radius 3 is 1.10 bits per heavy atom. The summed E-state index contributed by atoms with van der Waals surface area (Å²) in [7, 11) is -6.78. The molecule has 0 aliphatic rings. The van der Waals surface area contributed by atoms with Gasteiger partial charge in [0.1, 0.15) is 10.5 Å². The molecule has 2 rings (SSSR count). The average Bonchev–Trinajstić information content (AvgIpc) is 2.66. The lowest BCUT2D eigenvalue weighted by atomic mass is 10.3. The minimum atomic E-state index is -3.39. The molecule has 0 fully saturated rings. The van der Waals surface area contributed by atoms with Gasteiger partial charge in [0.05, 0.1) is 0 Å². The first-order chi connectivity index (χ1) is 13.6. The maximum atomic E-state index is 11.6. The van der Waals surface area contributed by atoms with E-state index in [1.807, 2.05) is 0 Å². The van der Waals surface area contributed by atoms with Gasteiger partial charge < -0.3 is 0 Å². The van der Waals surface area contributed by atoms with E-state index in [-0.39, 0.29) is 11.6 Å². The fraction of sp³-hybridized carbons (Fsp3) is 0.444. The predicted molar refractivity (Wildman–Crippen MR) is 111 cm³/mol. The Labute approximate surface area is 176 Å². The Morgan fingerprint density at radius 1 is 0.667 bits per heavy atom. The van der Waals surface area contributed by atoms with Gasteiger partial charge in [-0.2, -0.15) is 0 Å². The van der Waals surface area contributed by atoms with Gasteiger partial charge in [-0.25, -0.2) is 36.8 Å². The van der Waals surface area contributed by atoms with Gasteiger partial charge in [0.25, 0.3) is 0 Å². The van der Waals surface area contributed by atoms with Crippen LogP contribution in [0.2, 0.25) is 0 Å². The van der Waals surface area contributed by atoms with E-state index >= 15 is 0 Å². The van der Waals surface area contributed by atoms with Crippen LogP contribution in [0.25, 0.3) is 0 Å². The molecule has 10 nitrogen and oxygen atoms in total. The zero-order valence-electron chi connectivity index (χ0n) is 17.5. The number of ketones is 2. The number of carbonyl (C=O) groups excluding carboxylic acids is 2. The lowest BCUT2D eigenvalue weighted by molar-refractivity contribution is 0.0973. The first-order valence-corrected chi connectivity index (χ1v) is 12.6. The number of hydrogen-bond donors (Lipinski definition) is 0. The molecule has 0 spiro atoms. The molecule has 2 aromatic rings. The fourth-order valence-electron chi connectivity index (χ4n) is 1.79. The number of carbonyl (C=O) groups is 2. The van der Waals surface area contributed by atoms with Gasteiger partial charge in [0.15, 0.2) is 31.3 Å². The maximum Gasteiger partial charge on any atom is 0.217 e. The van der Waals surface area contributed by atoms with Crippen molar-refractivity contribution in [2.45, 2.75) is 38.2 Å². The minimum Gasteiger partial charge on any atom is -0.289 e. The largest absolute Gasteiger partial charge is 0.289 e. The molecule has 0 aliphatic carbocycles. The molecule has 0 aromatic carbocycles. The fourth-order valence-corrected chi connectivity index (χ4v) is 2.78. The predicted octanol–water partition coefficient (Wildman–Crippen LogP) is 0.802. The summed E-state index contributed by atoms with van der Waals surface area (Å²) in [5.74, 6) is -1.26. The van der Waals surface area contributed by atoms with Gasteiger partial charge in [-0.3, -0.25) is 9.59 Å². The van der Waals surface area contributed by atoms with Crippen LogP contribution in [0.5, 0.6) is 0 Å². The highest BCUT2D eigenvalue weighted by Crippen LogP contribution is 2.06. The van der Waals surface area contributed by atoms with E-state index in [4.69, 9.17) is 0 Å². The smallest absolute Gasteiger partial charge is 0.217 e. The minimum absolute atomic E-state index is 0.0569. The third-order valence-corrected chi connectivity index (χ3v) is 7.02. The Morgan fingerprint density at radius 2 is 0.900 bits per heavy atom. The van der Waals surface area contributed by atoms with Crippen LogP contribution < -0.4 is 0 Å². The van der Waals surface area contributed by atoms with Crippen LogP contribution in [-0.2, 0) is 19.7 Å².